The normalized spacial score (nSPS) is 8.54. The zero-order chi connectivity index (χ0) is 10.5. The van der Waals surface area contributed by atoms with E-state index in [4.69, 9.17) is 23.1 Å². The molecule has 0 aromatic rings. The molecule has 0 heterocycles. The Bertz CT molecular complexity index is 130. The van der Waals surface area contributed by atoms with Gasteiger partial charge in [0.05, 0.1) is 0 Å². The minimum atomic E-state index is -0.509. The van der Waals surface area contributed by atoms with Gasteiger partial charge in [0, 0.05) is 24.6 Å². The molecule has 0 unspecified atom stereocenters. The van der Waals surface area contributed by atoms with Crippen molar-refractivity contribution < 1.29 is 4.79 Å². The van der Waals surface area contributed by atoms with Gasteiger partial charge in [-0.25, -0.2) is 0 Å². The van der Waals surface area contributed by atoms with Crippen LogP contribution < -0.4 is 11.5 Å². The van der Waals surface area contributed by atoms with Gasteiger partial charge in [-0.2, -0.15) is 0 Å². The molecule has 0 aromatic carbocycles. The Kier molecular flexibility index (Phi) is 18.0. The highest BCUT2D eigenvalue weighted by Gasteiger charge is 1.84. The van der Waals surface area contributed by atoms with Crippen LogP contribution in [0.5, 0.6) is 0 Å². The summed E-state index contributed by atoms with van der Waals surface area (Å²) in [5.74, 6) is 2.06. The van der Waals surface area contributed by atoms with Gasteiger partial charge in [-0.15, -0.1) is 0 Å². The molecule has 0 fully saturated rings. The molecule has 0 bridgehead atoms. The van der Waals surface area contributed by atoms with Gasteiger partial charge in [-0.1, -0.05) is 28.2 Å². The van der Waals surface area contributed by atoms with Crippen molar-refractivity contribution in [2.45, 2.75) is 0 Å². The minimum Gasteiger partial charge on any atom is -0.330 e. The standard InChI is InChI=1S/C4H12N2S2.C3H3ClO/c5-1-3-7-8-4-2-6;1-2-3(4)5/h1-6H2;2H,1H2. The summed E-state index contributed by atoms with van der Waals surface area (Å²) in [5.41, 5.74) is 10.5. The Morgan fingerprint density at radius 1 is 1.31 bits per heavy atom. The molecular weight excluding hydrogens is 228 g/mol. The number of allylic oxidation sites excluding steroid dienone is 1. The molecule has 3 nitrogen and oxygen atoms in total. The van der Waals surface area contributed by atoms with E-state index in [0.717, 1.165) is 30.7 Å². The van der Waals surface area contributed by atoms with Crippen molar-refractivity contribution in [2.75, 3.05) is 24.6 Å². The fourth-order valence-electron chi connectivity index (χ4n) is 0.214. The van der Waals surface area contributed by atoms with E-state index < -0.39 is 5.24 Å². The predicted molar refractivity (Wildman–Crippen MR) is 64.1 cm³/mol. The van der Waals surface area contributed by atoms with Crippen LogP contribution in [-0.2, 0) is 4.79 Å². The van der Waals surface area contributed by atoms with Crippen LogP contribution in [0.4, 0.5) is 0 Å². The largest absolute Gasteiger partial charge is 0.330 e. The number of rotatable bonds is 6. The minimum absolute atomic E-state index is 0.509. The molecule has 0 saturated carbocycles. The van der Waals surface area contributed by atoms with Crippen molar-refractivity contribution in [2.24, 2.45) is 11.5 Å². The number of halogens is 1. The molecule has 0 radical (unpaired) electrons. The maximum Gasteiger partial charge on any atom is 0.244 e. The van der Waals surface area contributed by atoms with Crippen molar-refractivity contribution in [3.8, 4) is 0 Å². The maximum atomic E-state index is 9.46. The van der Waals surface area contributed by atoms with Crippen LogP contribution in [-0.4, -0.2) is 29.8 Å². The van der Waals surface area contributed by atoms with E-state index in [2.05, 4.69) is 6.58 Å². The first-order chi connectivity index (χ1) is 6.18. The quantitative estimate of drug-likeness (QED) is 0.317. The van der Waals surface area contributed by atoms with E-state index in [1.165, 1.54) is 0 Å². The fraction of sp³-hybridized carbons (Fsp3) is 0.571. The molecule has 78 valence electrons. The third-order valence-corrected chi connectivity index (χ3v) is 3.27. The van der Waals surface area contributed by atoms with Crippen molar-refractivity contribution in [3.63, 3.8) is 0 Å². The summed E-state index contributed by atoms with van der Waals surface area (Å²) in [6.07, 6.45) is 1.04. The summed E-state index contributed by atoms with van der Waals surface area (Å²) in [6, 6.07) is 0. The molecule has 4 N–H and O–H groups in total. The molecule has 0 saturated heterocycles. The van der Waals surface area contributed by atoms with E-state index >= 15 is 0 Å². The van der Waals surface area contributed by atoms with Crippen LogP contribution in [0.25, 0.3) is 0 Å². The Morgan fingerprint density at radius 3 is 1.77 bits per heavy atom. The Labute approximate surface area is 92.0 Å². The Hall–Kier alpha value is 0.320. The summed E-state index contributed by atoms with van der Waals surface area (Å²) < 4.78 is 0. The summed E-state index contributed by atoms with van der Waals surface area (Å²) in [6.45, 7) is 4.61. The highest BCUT2D eigenvalue weighted by Crippen LogP contribution is 2.18. The van der Waals surface area contributed by atoms with Crippen LogP contribution >= 0.6 is 33.2 Å². The van der Waals surface area contributed by atoms with Gasteiger partial charge in [0.15, 0.2) is 0 Å². The fourth-order valence-corrected chi connectivity index (χ4v) is 1.93. The van der Waals surface area contributed by atoms with Crippen molar-refractivity contribution >= 4 is 38.4 Å². The SMILES string of the molecule is C=CC(=O)Cl.NCCSSCCN. The molecule has 13 heavy (non-hydrogen) atoms. The predicted octanol–water partition coefficient (Wildman–Crippen LogP) is 1.22. The van der Waals surface area contributed by atoms with Gasteiger partial charge < -0.3 is 11.5 Å². The van der Waals surface area contributed by atoms with Crippen molar-refractivity contribution in [1.29, 1.82) is 0 Å². The van der Waals surface area contributed by atoms with E-state index in [0.29, 0.717) is 0 Å². The van der Waals surface area contributed by atoms with Gasteiger partial charge in [0.25, 0.3) is 0 Å². The number of hydrogen-bond donors (Lipinski definition) is 2. The molecule has 0 aliphatic heterocycles. The molecule has 0 amide bonds. The Balaban J connectivity index is 0. The first kappa shape index (κ1) is 15.8. The van der Waals surface area contributed by atoms with Crippen LogP contribution in [0.3, 0.4) is 0 Å². The number of hydrogen-bond acceptors (Lipinski definition) is 5. The molecule has 0 spiro atoms. The molecule has 0 aliphatic carbocycles. The van der Waals surface area contributed by atoms with Gasteiger partial charge in [-0.05, 0) is 17.7 Å². The summed E-state index contributed by atoms with van der Waals surface area (Å²) in [5, 5.41) is -0.509. The smallest absolute Gasteiger partial charge is 0.244 e. The zero-order valence-electron chi connectivity index (χ0n) is 7.37. The zero-order valence-corrected chi connectivity index (χ0v) is 9.76. The highest BCUT2D eigenvalue weighted by atomic mass is 35.5. The van der Waals surface area contributed by atoms with Crippen LogP contribution in [0.1, 0.15) is 0 Å². The second kappa shape index (κ2) is 14.8. The van der Waals surface area contributed by atoms with E-state index in [9.17, 15) is 4.79 Å². The van der Waals surface area contributed by atoms with E-state index in [1.807, 2.05) is 0 Å². The number of carbonyl (C=O) groups excluding carboxylic acids is 1. The second-order valence-electron chi connectivity index (χ2n) is 1.73. The summed E-state index contributed by atoms with van der Waals surface area (Å²) in [4.78, 5) is 9.46. The van der Waals surface area contributed by atoms with Crippen molar-refractivity contribution in [1.82, 2.24) is 0 Å². The van der Waals surface area contributed by atoms with E-state index in [-0.39, 0.29) is 0 Å². The van der Waals surface area contributed by atoms with Crippen molar-refractivity contribution in [3.05, 3.63) is 12.7 Å². The third kappa shape index (κ3) is 24.5. The lowest BCUT2D eigenvalue weighted by molar-refractivity contribution is -0.107. The van der Waals surface area contributed by atoms with Gasteiger partial charge in [-0.3, -0.25) is 4.79 Å². The summed E-state index contributed by atoms with van der Waals surface area (Å²) >= 11 is 4.71. The lowest BCUT2D eigenvalue weighted by Crippen LogP contribution is -2.02. The maximum absolute atomic E-state index is 9.46. The van der Waals surface area contributed by atoms with Gasteiger partial charge in [0.2, 0.25) is 5.24 Å². The number of carbonyl (C=O) groups is 1. The monoisotopic (exact) mass is 242 g/mol. The van der Waals surface area contributed by atoms with Crippen LogP contribution in [0.2, 0.25) is 0 Å². The second-order valence-corrected chi connectivity index (χ2v) is 4.80. The molecule has 0 rings (SSSR count). The topological polar surface area (TPSA) is 69.1 Å². The molecular formula is C7H15ClN2OS2. The lowest BCUT2D eigenvalue weighted by Gasteiger charge is -1.93. The number of nitrogens with two attached hydrogens (primary N) is 2. The molecule has 6 heteroatoms. The first-order valence-electron chi connectivity index (χ1n) is 3.65. The average Bonchev–Trinajstić information content (AvgIpc) is 2.14. The third-order valence-electron chi connectivity index (χ3n) is 0.646. The Morgan fingerprint density at radius 2 is 1.62 bits per heavy atom. The van der Waals surface area contributed by atoms with Crippen LogP contribution in [0, 0.1) is 0 Å². The van der Waals surface area contributed by atoms with E-state index in [1.54, 1.807) is 21.6 Å². The molecule has 0 aliphatic rings. The first-order valence-corrected chi connectivity index (χ1v) is 6.52. The average molecular weight is 243 g/mol. The highest BCUT2D eigenvalue weighted by molar-refractivity contribution is 8.76. The van der Waals surface area contributed by atoms with Gasteiger partial charge in [0.1, 0.15) is 0 Å². The molecule has 0 atom stereocenters. The lowest BCUT2D eigenvalue weighted by atomic mass is 10.7. The summed E-state index contributed by atoms with van der Waals surface area (Å²) in [7, 11) is 3.58. The molecule has 0 aromatic heterocycles. The van der Waals surface area contributed by atoms with Gasteiger partial charge >= 0.3 is 0 Å². The van der Waals surface area contributed by atoms with Crippen LogP contribution in [0.15, 0.2) is 12.7 Å².